The number of hydrogen-bond acceptors (Lipinski definition) is 4. The minimum absolute atomic E-state index is 0.0133. The first-order valence-electron chi connectivity index (χ1n) is 4.95. The van der Waals surface area contributed by atoms with Gasteiger partial charge in [0.05, 0.1) is 18.2 Å². The summed E-state index contributed by atoms with van der Waals surface area (Å²) < 4.78 is 9.45. The van der Waals surface area contributed by atoms with Crippen LogP contribution in [0.2, 0.25) is 0 Å². The summed E-state index contributed by atoms with van der Waals surface area (Å²) in [6.07, 6.45) is 3.05. The topological polar surface area (TPSA) is 52.6 Å². The highest BCUT2D eigenvalue weighted by atomic mass is 35.5. The molecule has 0 unspecified atom stereocenters. The second-order valence-corrected chi connectivity index (χ2v) is 3.07. The predicted octanol–water partition coefficient (Wildman–Crippen LogP) is 2.18. The number of ether oxygens (including phenoxy) is 2. The predicted molar refractivity (Wildman–Crippen MR) is 61.0 cm³/mol. The highest BCUT2D eigenvalue weighted by Crippen LogP contribution is 2.15. The summed E-state index contributed by atoms with van der Waals surface area (Å²) >= 11 is 5.80. The van der Waals surface area contributed by atoms with E-state index in [1.807, 2.05) is 0 Å². The molecule has 0 bridgehead atoms. The summed E-state index contributed by atoms with van der Waals surface area (Å²) in [5.74, 6) is -1.55. The maximum atomic E-state index is 11.5. The van der Waals surface area contributed by atoms with Gasteiger partial charge in [0.2, 0.25) is 0 Å². The molecule has 0 radical (unpaired) electrons. The second kappa shape index (κ2) is 7.93. The number of allylic oxidation sites excluding steroid dienone is 3. The molecule has 0 saturated carbocycles. The standard InChI is InChI=1S/C11H15ClO4/c1-4-7-8(12)9(10(13)15-5-2)11(14)16-6-3/h4,7H,5-6H2,1-3H3. The SMILES string of the molecule is CC=CC(Cl)=C(C(=O)OCC)C(=O)OCC. The van der Waals surface area contributed by atoms with Crippen LogP contribution in [0, 0.1) is 0 Å². The molecule has 0 N–H and O–H groups in total. The molecule has 0 heterocycles. The Morgan fingerprint density at radius 1 is 1.12 bits per heavy atom. The van der Waals surface area contributed by atoms with Gasteiger partial charge < -0.3 is 9.47 Å². The van der Waals surface area contributed by atoms with Crippen LogP contribution in [-0.2, 0) is 19.1 Å². The Hall–Kier alpha value is -1.29. The number of carbonyl (C=O) groups excluding carboxylic acids is 2. The van der Waals surface area contributed by atoms with Crippen molar-refractivity contribution in [2.45, 2.75) is 20.8 Å². The van der Waals surface area contributed by atoms with Gasteiger partial charge in [0.15, 0.2) is 5.57 Å². The molecule has 0 rings (SSSR count). The van der Waals surface area contributed by atoms with E-state index in [-0.39, 0.29) is 23.8 Å². The Kier molecular flexibility index (Phi) is 7.29. The summed E-state index contributed by atoms with van der Waals surface area (Å²) in [6, 6.07) is 0. The van der Waals surface area contributed by atoms with Crippen LogP contribution in [-0.4, -0.2) is 25.2 Å². The van der Waals surface area contributed by atoms with Gasteiger partial charge in [-0.15, -0.1) is 0 Å². The van der Waals surface area contributed by atoms with Crippen molar-refractivity contribution in [3.05, 3.63) is 22.8 Å². The Bertz CT molecular complexity index is 298. The first kappa shape index (κ1) is 14.7. The van der Waals surface area contributed by atoms with Crippen LogP contribution >= 0.6 is 11.6 Å². The van der Waals surface area contributed by atoms with Crippen molar-refractivity contribution in [3.63, 3.8) is 0 Å². The normalized spacial score (nSPS) is 10.0. The van der Waals surface area contributed by atoms with E-state index in [2.05, 4.69) is 0 Å². The molecule has 0 saturated heterocycles. The molecule has 0 aliphatic rings. The number of rotatable bonds is 5. The molecule has 0 fully saturated rings. The van der Waals surface area contributed by atoms with Crippen molar-refractivity contribution < 1.29 is 19.1 Å². The fourth-order valence-corrected chi connectivity index (χ4v) is 1.19. The van der Waals surface area contributed by atoms with Gasteiger partial charge in [-0.05, 0) is 26.8 Å². The lowest BCUT2D eigenvalue weighted by Gasteiger charge is -2.07. The first-order chi connectivity index (χ1) is 7.58. The van der Waals surface area contributed by atoms with Crippen LogP contribution < -0.4 is 0 Å². The highest BCUT2D eigenvalue weighted by Gasteiger charge is 2.24. The van der Waals surface area contributed by atoms with Crippen LogP contribution in [0.5, 0.6) is 0 Å². The smallest absolute Gasteiger partial charge is 0.347 e. The van der Waals surface area contributed by atoms with E-state index in [9.17, 15) is 9.59 Å². The van der Waals surface area contributed by atoms with Crippen molar-refractivity contribution >= 4 is 23.5 Å². The van der Waals surface area contributed by atoms with Gasteiger partial charge in [-0.25, -0.2) is 9.59 Å². The van der Waals surface area contributed by atoms with E-state index in [0.29, 0.717) is 0 Å². The molecule has 90 valence electrons. The number of esters is 2. The van der Waals surface area contributed by atoms with E-state index >= 15 is 0 Å². The summed E-state index contributed by atoms with van der Waals surface area (Å²) in [4.78, 5) is 23.0. The molecule has 0 aliphatic carbocycles. The molecule has 5 heteroatoms. The maximum Gasteiger partial charge on any atom is 0.347 e. The lowest BCUT2D eigenvalue weighted by Crippen LogP contribution is -2.19. The van der Waals surface area contributed by atoms with Gasteiger partial charge >= 0.3 is 11.9 Å². The average Bonchev–Trinajstić information content (AvgIpc) is 2.19. The molecule has 0 atom stereocenters. The van der Waals surface area contributed by atoms with Crippen molar-refractivity contribution in [1.82, 2.24) is 0 Å². The Morgan fingerprint density at radius 3 is 1.88 bits per heavy atom. The van der Waals surface area contributed by atoms with Crippen molar-refractivity contribution in [2.75, 3.05) is 13.2 Å². The molecule has 4 nitrogen and oxygen atoms in total. The zero-order valence-corrected chi connectivity index (χ0v) is 10.3. The van der Waals surface area contributed by atoms with Gasteiger partial charge in [-0.3, -0.25) is 0 Å². The molecule has 0 aliphatic heterocycles. The Balaban J connectivity index is 5.12. The molecule has 0 spiro atoms. The van der Waals surface area contributed by atoms with E-state index in [1.54, 1.807) is 26.8 Å². The molecule has 16 heavy (non-hydrogen) atoms. The van der Waals surface area contributed by atoms with Crippen molar-refractivity contribution in [2.24, 2.45) is 0 Å². The Labute approximate surface area is 99.9 Å². The number of hydrogen-bond donors (Lipinski definition) is 0. The molecule has 0 aromatic rings. The maximum absolute atomic E-state index is 11.5. The van der Waals surface area contributed by atoms with Gasteiger partial charge in [-0.2, -0.15) is 0 Å². The molecule has 0 aromatic heterocycles. The minimum Gasteiger partial charge on any atom is -0.462 e. The van der Waals surface area contributed by atoms with E-state index in [4.69, 9.17) is 21.1 Å². The summed E-state index contributed by atoms with van der Waals surface area (Å²) in [6.45, 7) is 5.34. The summed E-state index contributed by atoms with van der Waals surface area (Å²) in [5, 5.41) is 0.0133. The molecule has 0 amide bonds. The molecule has 0 aromatic carbocycles. The number of carbonyl (C=O) groups is 2. The quantitative estimate of drug-likeness (QED) is 0.245. The lowest BCUT2D eigenvalue weighted by molar-refractivity contribution is -0.146. The molecular formula is C11H15ClO4. The van der Waals surface area contributed by atoms with E-state index in [1.165, 1.54) is 6.08 Å². The zero-order chi connectivity index (χ0) is 12.6. The van der Waals surface area contributed by atoms with E-state index < -0.39 is 11.9 Å². The minimum atomic E-state index is -0.774. The van der Waals surface area contributed by atoms with Crippen LogP contribution in [0.15, 0.2) is 22.8 Å². The fraction of sp³-hybridized carbons (Fsp3) is 0.455. The second-order valence-electron chi connectivity index (χ2n) is 2.66. The van der Waals surface area contributed by atoms with Gasteiger partial charge in [0.25, 0.3) is 0 Å². The fourth-order valence-electron chi connectivity index (χ4n) is 0.915. The third-order valence-corrected chi connectivity index (χ3v) is 1.83. The largest absolute Gasteiger partial charge is 0.462 e. The number of halogens is 1. The third kappa shape index (κ3) is 4.49. The summed E-state index contributed by atoms with van der Waals surface area (Å²) in [7, 11) is 0. The average molecular weight is 247 g/mol. The van der Waals surface area contributed by atoms with Crippen LogP contribution in [0.3, 0.4) is 0 Å². The van der Waals surface area contributed by atoms with E-state index in [0.717, 1.165) is 0 Å². The zero-order valence-electron chi connectivity index (χ0n) is 9.58. The summed E-state index contributed by atoms with van der Waals surface area (Å²) in [5.41, 5.74) is -0.275. The van der Waals surface area contributed by atoms with Crippen LogP contribution in [0.25, 0.3) is 0 Å². The van der Waals surface area contributed by atoms with Crippen LogP contribution in [0.4, 0.5) is 0 Å². The lowest BCUT2D eigenvalue weighted by atomic mass is 10.2. The molecular weight excluding hydrogens is 232 g/mol. The Morgan fingerprint density at radius 2 is 1.56 bits per heavy atom. The van der Waals surface area contributed by atoms with Crippen molar-refractivity contribution in [1.29, 1.82) is 0 Å². The third-order valence-electron chi connectivity index (χ3n) is 1.51. The highest BCUT2D eigenvalue weighted by molar-refractivity contribution is 6.36. The first-order valence-corrected chi connectivity index (χ1v) is 5.32. The van der Waals surface area contributed by atoms with Crippen molar-refractivity contribution in [3.8, 4) is 0 Å². The van der Waals surface area contributed by atoms with Gasteiger partial charge in [-0.1, -0.05) is 17.7 Å². The van der Waals surface area contributed by atoms with Gasteiger partial charge in [0, 0.05) is 0 Å². The van der Waals surface area contributed by atoms with Crippen LogP contribution in [0.1, 0.15) is 20.8 Å². The van der Waals surface area contributed by atoms with Gasteiger partial charge in [0.1, 0.15) is 0 Å². The monoisotopic (exact) mass is 246 g/mol.